The summed E-state index contributed by atoms with van der Waals surface area (Å²) in [6, 6.07) is 13.8. The molecule has 0 spiro atoms. The van der Waals surface area contributed by atoms with Crippen LogP contribution in [0.3, 0.4) is 0 Å². The highest BCUT2D eigenvalue weighted by molar-refractivity contribution is 5.79. The molecule has 2 aromatic rings. The highest BCUT2D eigenvalue weighted by Gasteiger charge is 2.25. The highest BCUT2D eigenvalue weighted by atomic mass is 16.5. The van der Waals surface area contributed by atoms with Crippen molar-refractivity contribution in [2.75, 3.05) is 45.9 Å². The molecule has 1 aromatic carbocycles. The van der Waals surface area contributed by atoms with E-state index >= 15 is 0 Å². The summed E-state index contributed by atoms with van der Waals surface area (Å²) in [5.41, 5.74) is 1.23. The van der Waals surface area contributed by atoms with Crippen molar-refractivity contribution in [3.63, 3.8) is 0 Å². The summed E-state index contributed by atoms with van der Waals surface area (Å²) in [7, 11) is 0. The van der Waals surface area contributed by atoms with E-state index < -0.39 is 5.60 Å². The van der Waals surface area contributed by atoms with Gasteiger partial charge in [-0.25, -0.2) is 9.98 Å². The van der Waals surface area contributed by atoms with Gasteiger partial charge in [0.05, 0.1) is 25.4 Å². The molecule has 32 heavy (non-hydrogen) atoms. The van der Waals surface area contributed by atoms with Crippen LogP contribution in [0.15, 0.2) is 53.7 Å². The average molecular weight is 442 g/mol. The van der Waals surface area contributed by atoms with Crippen LogP contribution >= 0.6 is 0 Å². The zero-order chi connectivity index (χ0) is 22.7. The van der Waals surface area contributed by atoms with Gasteiger partial charge in [-0.2, -0.15) is 0 Å². The maximum Gasteiger partial charge on any atom is 0.213 e. The molecule has 1 unspecified atom stereocenters. The van der Waals surface area contributed by atoms with Crippen LogP contribution < -0.4 is 15.4 Å². The largest absolute Gasteiger partial charge is 0.473 e. The number of guanidine groups is 1. The van der Waals surface area contributed by atoms with Crippen LogP contribution in [-0.4, -0.2) is 72.5 Å². The van der Waals surface area contributed by atoms with Gasteiger partial charge in [0.2, 0.25) is 5.88 Å². The number of hydrogen-bond donors (Lipinski definition) is 3. The molecular weight excluding hydrogens is 406 g/mol. The van der Waals surface area contributed by atoms with Gasteiger partial charge in [-0.05, 0) is 31.0 Å². The number of nitrogens with zero attached hydrogens (tertiary/aromatic N) is 3. The van der Waals surface area contributed by atoms with Gasteiger partial charge in [0.15, 0.2) is 5.96 Å². The lowest BCUT2D eigenvalue weighted by atomic mass is 10.1. The first-order valence-electron chi connectivity index (χ1n) is 11.2. The number of aliphatic hydroxyl groups is 1. The molecule has 1 saturated heterocycles. The second-order valence-electron chi connectivity index (χ2n) is 8.21. The minimum absolute atomic E-state index is 0.401. The van der Waals surface area contributed by atoms with Gasteiger partial charge in [-0.1, -0.05) is 30.3 Å². The number of nitrogens with one attached hydrogen (secondary N) is 2. The standard InChI is InChI=1S/C24H35N5O3/c1-3-25-23(28-18-24(2,30)19-29-11-13-31-14-12-29)27-16-21-9-10-26-22(15-21)32-17-20-7-5-4-6-8-20/h4-10,15,30H,3,11-14,16-19H2,1-2H3,(H2,25,27,28). The van der Waals surface area contributed by atoms with E-state index in [1.807, 2.05) is 56.3 Å². The minimum atomic E-state index is -0.872. The first kappa shape index (κ1) is 24.0. The van der Waals surface area contributed by atoms with Crippen molar-refractivity contribution in [3.8, 4) is 5.88 Å². The lowest BCUT2D eigenvalue weighted by Gasteiger charge is -2.34. The van der Waals surface area contributed by atoms with Gasteiger partial charge < -0.3 is 25.2 Å². The molecule has 1 atom stereocenters. The maximum absolute atomic E-state index is 10.8. The first-order valence-corrected chi connectivity index (χ1v) is 11.2. The van der Waals surface area contributed by atoms with Crippen molar-refractivity contribution in [1.29, 1.82) is 0 Å². The predicted octanol–water partition coefficient (Wildman–Crippen LogP) is 1.80. The topological polar surface area (TPSA) is 91.2 Å². The third kappa shape index (κ3) is 8.45. The van der Waals surface area contributed by atoms with Gasteiger partial charge in [0.25, 0.3) is 0 Å². The summed E-state index contributed by atoms with van der Waals surface area (Å²) in [6.45, 7) is 9.68. The molecule has 8 heteroatoms. The quantitative estimate of drug-likeness (QED) is 0.383. The molecule has 174 valence electrons. The zero-order valence-electron chi connectivity index (χ0n) is 19.1. The Hall–Kier alpha value is -2.68. The molecular formula is C24H35N5O3. The Bertz CT molecular complexity index is 839. The molecule has 0 amide bonds. The van der Waals surface area contributed by atoms with Gasteiger partial charge in [0.1, 0.15) is 6.61 Å². The van der Waals surface area contributed by atoms with Crippen LogP contribution in [0.2, 0.25) is 0 Å². The van der Waals surface area contributed by atoms with E-state index in [2.05, 4.69) is 25.5 Å². The number of morpholine rings is 1. The van der Waals surface area contributed by atoms with E-state index in [0.29, 0.717) is 38.1 Å². The molecule has 1 aliphatic rings. The zero-order valence-corrected chi connectivity index (χ0v) is 19.1. The lowest BCUT2D eigenvalue weighted by Crippen LogP contribution is -2.52. The minimum Gasteiger partial charge on any atom is -0.473 e. The van der Waals surface area contributed by atoms with E-state index in [-0.39, 0.29) is 0 Å². The second kappa shape index (κ2) is 12.4. The first-order chi connectivity index (χ1) is 15.5. The molecule has 3 N–H and O–H groups in total. The molecule has 8 nitrogen and oxygen atoms in total. The number of benzene rings is 1. The molecule has 1 aromatic heterocycles. The van der Waals surface area contributed by atoms with Crippen molar-refractivity contribution >= 4 is 5.96 Å². The van der Waals surface area contributed by atoms with Crippen LogP contribution in [0.4, 0.5) is 0 Å². The fraction of sp³-hybridized carbons (Fsp3) is 0.500. The smallest absolute Gasteiger partial charge is 0.213 e. The van der Waals surface area contributed by atoms with Crippen LogP contribution in [0.1, 0.15) is 25.0 Å². The Balaban J connectivity index is 1.52. The Morgan fingerprint density at radius 2 is 1.97 bits per heavy atom. The van der Waals surface area contributed by atoms with Crippen LogP contribution in [0.25, 0.3) is 0 Å². The number of aliphatic imine (C=N–C) groups is 1. The fourth-order valence-electron chi connectivity index (χ4n) is 3.44. The van der Waals surface area contributed by atoms with Gasteiger partial charge in [-0.3, -0.25) is 4.90 Å². The SMILES string of the molecule is CCNC(=NCc1ccnc(OCc2ccccc2)c1)NCC(C)(O)CN1CCOCC1. The molecule has 3 rings (SSSR count). The summed E-state index contributed by atoms with van der Waals surface area (Å²) in [5, 5.41) is 17.3. The normalized spacial score (nSPS) is 16.9. The Morgan fingerprint density at radius 1 is 1.19 bits per heavy atom. The highest BCUT2D eigenvalue weighted by Crippen LogP contribution is 2.13. The third-order valence-corrected chi connectivity index (χ3v) is 5.10. The Kier molecular flexibility index (Phi) is 9.27. The summed E-state index contributed by atoms with van der Waals surface area (Å²) < 4.78 is 11.2. The molecule has 1 aliphatic heterocycles. The second-order valence-corrected chi connectivity index (χ2v) is 8.21. The van der Waals surface area contributed by atoms with Crippen molar-refractivity contribution in [2.45, 2.75) is 32.6 Å². The predicted molar refractivity (Wildman–Crippen MR) is 126 cm³/mol. The van der Waals surface area contributed by atoms with Crippen molar-refractivity contribution < 1.29 is 14.6 Å². The lowest BCUT2D eigenvalue weighted by molar-refractivity contribution is -0.0201. The fourth-order valence-corrected chi connectivity index (χ4v) is 3.44. The van der Waals surface area contributed by atoms with Gasteiger partial charge in [-0.15, -0.1) is 0 Å². The maximum atomic E-state index is 10.8. The van der Waals surface area contributed by atoms with E-state index in [9.17, 15) is 5.11 Å². The van der Waals surface area contributed by atoms with Crippen LogP contribution in [-0.2, 0) is 17.9 Å². The summed E-state index contributed by atoms with van der Waals surface area (Å²) in [5.74, 6) is 1.24. The van der Waals surface area contributed by atoms with Crippen molar-refractivity contribution in [3.05, 3.63) is 59.8 Å². The number of hydrogen-bond acceptors (Lipinski definition) is 6. The molecule has 1 fully saturated rings. The average Bonchev–Trinajstić information content (AvgIpc) is 2.81. The van der Waals surface area contributed by atoms with Crippen molar-refractivity contribution in [1.82, 2.24) is 20.5 Å². The molecule has 0 saturated carbocycles. The molecule has 2 heterocycles. The molecule has 0 bridgehead atoms. The van der Waals surface area contributed by atoms with Gasteiger partial charge in [0, 0.05) is 45.0 Å². The van der Waals surface area contributed by atoms with Crippen molar-refractivity contribution in [2.24, 2.45) is 4.99 Å². The summed E-state index contributed by atoms with van der Waals surface area (Å²) in [4.78, 5) is 11.2. The Morgan fingerprint density at radius 3 is 2.72 bits per heavy atom. The van der Waals surface area contributed by atoms with Crippen LogP contribution in [0, 0.1) is 0 Å². The summed E-state index contributed by atoms with van der Waals surface area (Å²) >= 11 is 0. The number of ether oxygens (including phenoxy) is 2. The van der Waals surface area contributed by atoms with Crippen LogP contribution in [0.5, 0.6) is 5.88 Å². The van der Waals surface area contributed by atoms with Gasteiger partial charge >= 0.3 is 0 Å². The van der Waals surface area contributed by atoms with E-state index in [4.69, 9.17) is 9.47 Å². The monoisotopic (exact) mass is 441 g/mol. The third-order valence-electron chi connectivity index (χ3n) is 5.10. The molecule has 0 aliphatic carbocycles. The number of β-amino-alcohol motifs (C(OH)–C–C–N with tert-alkyl or cyclic N) is 1. The number of pyridine rings is 1. The Labute approximate surface area is 190 Å². The van der Waals surface area contributed by atoms with E-state index in [1.54, 1.807) is 6.20 Å². The summed E-state index contributed by atoms with van der Waals surface area (Å²) in [6.07, 6.45) is 1.73. The molecule has 0 radical (unpaired) electrons. The number of rotatable bonds is 10. The van der Waals surface area contributed by atoms with E-state index in [0.717, 1.165) is 44.0 Å². The number of aromatic nitrogens is 1. The van der Waals surface area contributed by atoms with E-state index in [1.165, 1.54) is 0 Å².